The molecule has 102 valence electrons. The molecule has 1 aliphatic heterocycles. The van der Waals surface area contributed by atoms with Gasteiger partial charge in [0.05, 0.1) is 13.0 Å². The second-order valence-corrected chi connectivity index (χ2v) is 5.38. The van der Waals surface area contributed by atoms with Gasteiger partial charge in [-0.15, -0.1) is 4.48 Å². The van der Waals surface area contributed by atoms with Crippen molar-refractivity contribution in [2.24, 2.45) is 0 Å². The number of rotatable bonds is 2. The Morgan fingerprint density at radius 2 is 2.00 bits per heavy atom. The summed E-state index contributed by atoms with van der Waals surface area (Å²) in [6.07, 6.45) is -0.975. The van der Waals surface area contributed by atoms with Crippen molar-refractivity contribution in [1.82, 2.24) is 0 Å². The Kier molecular flexibility index (Phi) is 3.81. The molecule has 1 fully saturated rings. The number of ether oxygens (including phenoxy) is 1. The zero-order valence-corrected chi connectivity index (χ0v) is 11.2. The number of carbonyl (C=O) groups excluding carboxylic acids is 2. The Morgan fingerprint density at radius 3 is 2.39 bits per heavy atom. The quantitative estimate of drug-likeness (QED) is 0.600. The SMILES string of the molecule is CCOC(=O)[C@@H]1CCC(=O)[N+]1(C(=O)O)C(C)(C)C. The zero-order valence-electron chi connectivity index (χ0n) is 11.2. The first-order valence-corrected chi connectivity index (χ1v) is 6.02. The molecular formula is C12H20NO5+. The highest BCUT2D eigenvalue weighted by Gasteiger charge is 2.65. The van der Waals surface area contributed by atoms with E-state index in [1.165, 1.54) is 0 Å². The van der Waals surface area contributed by atoms with Gasteiger partial charge in [-0.3, -0.25) is 0 Å². The van der Waals surface area contributed by atoms with E-state index in [4.69, 9.17) is 4.74 Å². The zero-order chi connectivity index (χ0) is 14.1. The van der Waals surface area contributed by atoms with E-state index in [-0.39, 0.29) is 19.4 Å². The number of nitrogens with zero attached hydrogens (tertiary/aromatic N) is 1. The van der Waals surface area contributed by atoms with Crippen molar-refractivity contribution < 1.29 is 28.7 Å². The molecule has 6 nitrogen and oxygen atoms in total. The van der Waals surface area contributed by atoms with E-state index in [0.29, 0.717) is 0 Å². The molecule has 1 rings (SSSR count). The summed E-state index contributed by atoms with van der Waals surface area (Å²) in [6.45, 7) is 6.78. The summed E-state index contributed by atoms with van der Waals surface area (Å²) in [5.41, 5.74) is -0.892. The Morgan fingerprint density at radius 1 is 1.44 bits per heavy atom. The standard InChI is InChI=1S/C12H19NO5/c1-5-18-10(15)8-6-7-9(14)13(8,11(16)17)12(2,3)4/h8H,5-7H2,1-4H3/p+1/t8-,13?/m0/s1. The predicted octanol–water partition coefficient (Wildman–Crippen LogP) is 1.53. The summed E-state index contributed by atoms with van der Waals surface area (Å²) < 4.78 is 4.04. The first kappa shape index (κ1) is 14.6. The van der Waals surface area contributed by atoms with E-state index >= 15 is 0 Å². The summed E-state index contributed by atoms with van der Waals surface area (Å²) in [6, 6.07) is -0.949. The average Bonchev–Trinajstić information content (AvgIpc) is 2.56. The lowest BCUT2D eigenvalue weighted by Gasteiger charge is -2.40. The molecule has 1 heterocycles. The van der Waals surface area contributed by atoms with Gasteiger partial charge in [0.2, 0.25) is 6.04 Å². The molecule has 18 heavy (non-hydrogen) atoms. The van der Waals surface area contributed by atoms with Crippen molar-refractivity contribution in [2.75, 3.05) is 6.61 Å². The highest BCUT2D eigenvalue weighted by molar-refractivity contribution is 5.89. The second kappa shape index (κ2) is 4.68. The molecule has 2 amide bonds. The van der Waals surface area contributed by atoms with Crippen LogP contribution in [0.1, 0.15) is 40.5 Å². The molecule has 6 heteroatoms. The Bertz CT molecular complexity index is 384. The van der Waals surface area contributed by atoms with Crippen molar-refractivity contribution >= 4 is 18.0 Å². The minimum atomic E-state index is -1.29. The number of carboxylic acid groups (broad SMARTS) is 1. The minimum Gasteiger partial charge on any atom is -0.462 e. The summed E-state index contributed by atoms with van der Waals surface area (Å²) in [5.74, 6) is -1.05. The third-order valence-corrected chi connectivity index (χ3v) is 3.41. The molecule has 0 bridgehead atoms. The third kappa shape index (κ3) is 1.90. The van der Waals surface area contributed by atoms with Gasteiger partial charge in [-0.1, -0.05) is 0 Å². The molecule has 1 unspecified atom stereocenters. The van der Waals surface area contributed by atoms with Crippen molar-refractivity contribution in [3.05, 3.63) is 0 Å². The van der Waals surface area contributed by atoms with Gasteiger partial charge in [-0.2, -0.15) is 4.79 Å². The van der Waals surface area contributed by atoms with Crippen molar-refractivity contribution in [2.45, 2.75) is 52.1 Å². The topological polar surface area (TPSA) is 80.7 Å². The van der Waals surface area contributed by atoms with Crippen LogP contribution >= 0.6 is 0 Å². The van der Waals surface area contributed by atoms with Gasteiger partial charge in [0.25, 0.3) is 0 Å². The first-order chi connectivity index (χ1) is 8.19. The molecule has 0 saturated carbocycles. The maximum absolute atomic E-state index is 12.1. The van der Waals surface area contributed by atoms with Crippen molar-refractivity contribution in [3.8, 4) is 0 Å². The van der Waals surface area contributed by atoms with Crippen LogP contribution in [0.25, 0.3) is 0 Å². The number of quaternary nitrogens is 1. The number of hydrogen-bond acceptors (Lipinski definition) is 4. The highest BCUT2D eigenvalue weighted by Crippen LogP contribution is 2.38. The number of imide groups is 1. The Balaban J connectivity index is 3.31. The fourth-order valence-corrected chi connectivity index (χ4v) is 2.69. The predicted molar refractivity (Wildman–Crippen MR) is 62.7 cm³/mol. The second-order valence-electron chi connectivity index (χ2n) is 5.38. The fraction of sp³-hybridized carbons (Fsp3) is 0.750. The van der Waals surface area contributed by atoms with Gasteiger partial charge in [0.1, 0.15) is 5.54 Å². The maximum atomic E-state index is 12.1. The molecular weight excluding hydrogens is 238 g/mol. The lowest BCUT2D eigenvalue weighted by Crippen LogP contribution is -2.69. The van der Waals surface area contributed by atoms with Gasteiger partial charge in [0.15, 0.2) is 0 Å². The normalized spacial score (nSPS) is 28.2. The fourth-order valence-electron chi connectivity index (χ4n) is 2.69. The summed E-state index contributed by atoms with van der Waals surface area (Å²) >= 11 is 0. The molecule has 1 saturated heterocycles. The van der Waals surface area contributed by atoms with E-state index in [1.54, 1.807) is 27.7 Å². The molecule has 0 aromatic heterocycles. The molecule has 1 N–H and O–H groups in total. The smallest absolute Gasteiger partial charge is 0.462 e. The molecule has 0 spiro atoms. The van der Waals surface area contributed by atoms with Gasteiger partial charge in [-0.25, -0.2) is 9.59 Å². The first-order valence-electron chi connectivity index (χ1n) is 6.02. The van der Waals surface area contributed by atoms with Crippen LogP contribution in [0.15, 0.2) is 0 Å². The number of hydrogen-bond donors (Lipinski definition) is 1. The molecule has 1 aliphatic rings. The molecule has 2 atom stereocenters. The summed E-state index contributed by atoms with van der Waals surface area (Å²) in [5, 5.41) is 9.50. The third-order valence-electron chi connectivity index (χ3n) is 3.41. The van der Waals surface area contributed by atoms with E-state index in [0.717, 1.165) is 0 Å². The van der Waals surface area contributed by atoms with Gasteiger partial charge in [0, 0.05) is 6.42 Å². The van der Waals surface area contributed by atoms with Crippen LogP contribution < -0.4 is 0 Å². The largest absolute Gasteiger partial charge is 0.522 e. The Labute approximate surface area is 106 Å². The van der Waals surface area contributed by atoms with Crippen LogP contribution in [0.4, 0.5) is 4.79 Å². The van der Waals surface area contributed by atoms with Crippen molar-refractivity contribution in [3.63, 3.8) is 0 Å². The molecule has 0 aromatic rings. The van der Waals surface area contributed by atoms with Crippen molar-refractivity contribution in [1.29, 1.82) is 0 Å². The Hall–Kier alpha value is -1.43. The van der Waals surface area contributed by atoms with E-state index in [1.807, 2.05) is 0 Å². The van der Waals surface area contributed by atoms with Crippen LogP contribution in [0.2, 0.25) is 0 Å². The number of esters is 1. The maximum Gasteiger partial charge on any atom is 0.522 e. The summed E-state index contributed by atoms with van der Waals surface area (Å²) in [7, 11) is 0. The lowest BCUT2D eigenvalue weighted by molar-refractivity contribution is -0.839. The van der Waals surface area contributed by atoms with Gasteiger partial charge in [-0.05, 0) is 27.7 Å². The minimum absolute atomic E-state index is 0.0903. The van der Waals surface area contributed by atoms with E-state index < -0.39 is 34.0 Å². The summed E-state index contributed by atoms with van der Waals surface area (Å²) in [4.78, 5) is 35.6. The van der Waals surface area contributed by atoms with Crippen LogP contribution in [0.3, 0.4) is 0 Å². The molecule has 0 aromatic carbocycles. The van der Waals surface area contributed by atoms with Crippen LogP contribution in [0.5, 0.6) is 0 Å². The highest BCUT2D eigenvalue weighted by atomic mass is 16.5. The van der Waals surface area contributed by atoms with E-state index in [9.17, 15) is 19.5 Å². The molecule has 0 radical (unpaired) electrons. The molecule has 0 aliphatic carbocycles. The number of carbonyl (C=O) groups is 3. The average molecular weight is 258 g/mol. The monoisotopic (exact) mass is 258 g/mol. The van der Waals surface area contributed by atoms with Gasteiger partial charge >= 0.3 is 18.0 Å². The lowest BCUT2D eigenvalue weighted by atomic mass is 9.99. The number of amides is 2. The van der Waals surface area contributed by atoms with Crippen LogP contribution in [-0.4, -0.2) is 45.7 Å². The van der Waals surface area contributed by atoms with Crippen LogP contribution in [-0.2, 0) is 14.3 Å². The van der Waals surface area contributed by atoms with Crippen LogP contribution in [0, 0.1) is 0 Å². The number of likely N-dealkylation sites (tertiary alicyclic amines) is 1. The van der Waals surface area contributed by atoms with Gasteiger partial charge < -0.3 is 9.84 Å². The van der Waals surface area contributed by atoms with E-state index in [2.05, 4.69) is 0 Å².